The molecule has 38 heavy (non-hydrogen) atoms. The van der Waals surface area contributed by atoms with Gasteiger partial charge in [0, 0.05) is 50.2 Å². The number of hydrogen-bond acceptors (Lipinski definition) is 5. The average Bonchev–Trinajstić information content (AvgIpc) is 2.83. The third-order valence-electron chi connectivity index (χ3n) is 6.78. The Labute approximate surface area is 223 Å². The first-order chi connectivity index (χ1) is 17.9. The van der Waals surface area contributed by atoms with Gasteiger partial charge in [0.15, 0.2) is 0 Å². The Bertz CT molecular complexity index is 1050. The lowest BCUT2D eigenvalue weighted by Crippen LogP contribution is -2.52. The molecule has 0 heterocycles. The van der Waals surface area contributed by atoms with Gasteiger partial charge in [-0.25, -0.2) is 8.78 Å². The van der Waals surface area contributed by atoms with E-state index < -0.39 is 40.9 Å². The van der Waals surface area contributed by atoms with Crippen LogP contribution in [-0.4, -0.2) is 60.0 Å². The first kappa shape index (κ1) is 31.1. The topological polar surface area (TPSA) is 139 Å². The molecule has 10 heteroatoms. The molecule has 210 valence electrons. The van der Waals surface area contributed by atoms with Crippen molar-refractivity contribution in [3.8, 4) is 0 Å². The van der Waals surface area contributed by atoms with Crippen molar-refractivity contribution in [2.75, 3.05) is 26.2 Å². The molecular weight excluding hydrogens is 494 g/mol. The summed E-state index contributed by atoms with van der Waals surface area (Å²) in [6.45, 7) is 6.94. The number of halogens is 2. The van der Waals surface area contributed by atoms with E-state index in [9.17, 15) is 28.3 Å². The highest BCUT2D eigenvalue weighted by Gasteiger charge is 2.48. The quantitative estimate of drug-likeness (QED) is 0.256. The minimum atomic E-state index is -1.51. The summed E-state index contributed by atoms with van der Waals surface area (Å²) in [7, 11) is 0. The van der Waals surface area contributed by atoms with Gasteiger partial charge in [-0.15, -0.1) is 0 Å². The highest BCUT2D eigenvalue weighted by molar-refractivity contribution is 5.97. The van der Waals surface area contributed by atoms with Crippen LogP contribution in [0.3, 0.4) is 0 Å². The molecule has 2 rings (SSSR count). The number of nitrogens with two attached hydrogens (primary N) is 2. The average molecular weight is 535 g/mol. The number of aliphatic hydroxyl groups is 1. The van der Waals surface area contributed by atoms with Crippen LogP contribution in [0.4, 0.5) is 8.78 Å². The molecule has 0 aliphatic heterocycles. The second kappa shape index (κ2) is 14.2. The molecule has 6 N–H and O–H groups in total. The van der Waals surface area contributed by atoms with E-state index in [1.807, 2.05) is 13.8 Å². The number of nitrogens with one attached hydrogen (secondary N) is 1. The highest BCUT2D eigenvalue weighted by Crippen LogP contribution is 2.44. The molecule has 3 amide bonds. The summed E-state index contributed by atoms with van der Waals surface area (Å²) in [6.07, 6.45) is 3.55. The van der Waals surface area contributed by atoms with Gasteiger partial charge in [-0.05, 0) is 50.3 Å². The Morgan fingerprint density at radius 2 is 1.71 bits per heavy atom. The van der Waals surface area contributed by atoms with Crippen LogP contribution in [0.5, 0.6) is 0 Å². The number of primary amides is 2. The molecule has 0 aromatic heterocycles. The SMILES string of the molecule is CCCN(CCC)C(=O)C1=CC(C)=CC(C(N)=O)([C@H](Cc2cc(F)cc(F)c2)[C@@H](O)CNCCC(N)=O)C1. The molecule has 0 bridgehead atoms. The van der Waals surface area contributed by atoms with E-state index >= 15 is 0 Å². The predicted molar refractivity (Wildman–Crippen MR) is 141 cm³/mol. The van der Waals surface area contributed by atoms with Gasteiger partial charge in [0.05, 0.1) is 11.5 Å². The maximum Gasteiger partial charge on any atom is 0.249 e. The molecule has 0 saturated carbocycles. The lowest BCUT2D eigenvalue weighted by molar-refractivity contribution is -0.132. The Morgan fingerprint density at radius 1 is 1.11 bits per heavy atom. The zero-order valence-corrected chi connectivity index (χ0v) is 22.4. The number of amides is 3. The number of benzene rings is 1. The van der Waals surface area contributed by atoms with Crippen molar-refractivity contribution in [1.82, 2.24) is 10.2 Å². The van der Waals surface area contributed by atoms with Gasteiger partial charge in [-0.2, -0.15) is 0 Å². The van der Waals surface area contributed by atoms with Crippen LogP contribution in [0.15, 0.2) is 41.5 Å². The molecule has 1 aromatic carbocycles. The molecule has 0 radical (unpaired) electrons. The summed E-state index contributed by atoms with van der Waals surface area (Å²) in [5.41, 5.74) is 10.9. The van der Waals surface area contributed by atoms with Crippen LogP contribution in [0.2, 0.25) is 0 Å². The van der Waals surface area contributed by atoms with Crippen molar-refractivity contribution in [3.05, 3.63) is 58.7 Å². The third-order valence-corrected chi connectivity index (χ3v) is 6.78. The maximum absolute atomic E-state index is 14.0. The predicted octanol–water partition coefficient (Wildman–Crippen LogP) is 2.35. The van der Waals surface area contributed by atoms with E-state index in [0.717, 1.165) is 31.0 Å². The minimum Gasteiger partial charge on any atom is -0.391 e. The lowest BCUT2D eigenvalue weighted by Gasteiger charge is -2.42. The highest BCUT2D eigenvalue weighted by atomic mass is 19.1. The van der Waals surface area contributed by atoms with E-state index in [1.165, 1.54) is 0 Å². The molecule has 0 fully saturated rings. The van der Waals surface area contributed by atoms with Crippen molar-refractivity contribution in [2.24, 2.45) is 22.8 Å². The van der Waals surface area contributed by atoms with Crippen molar-refractivity contribution in [1.29, 1.82) is 0 Å². The van der Waals surface area contributed by atoms with Crippen LogP contribution in [-0.2, 0) is 20.8 Å². The van der Waals surface area contributed by atoms with Crippen molar-refractivity contribution in [3.63, 3.8) is 0 Å². The number of allylic oxidation sites excluding steroid dienone is 2. The minimum absolute atomic E-state index is 0.0392. The third kappa shape index (κ3) is 8.19. The normalized spacial score (nSPS) is 18.8. The zero-order valence-electron chi connectivity index (χ0n) is 22.4. The Hall–Kier alpha value is -3.11. The van der Waals surface area contributed by atoms with Gasteiger partial charge >= 0.3 is 0 Å². The van der Waals surface area contributed by atoms with Gasteiger partial charge in [0.1, 0.15) is 11.6 Å². The monoisotopic (exact) mass is 534 g/mol. The van der Waals surface area contributed by atoms with Gasteiger partial charge in [-0.3, -0.25) is 14.4 Å². The molecule has 8 nitrogen and oxygen atoms in total. The number of hydrogen-bond donors (Lipinski definition) is 4. The van der Waals surface area contributed by atoms with Crippen molar-refractivity contribution < 1.29 is 28.3 Å². The van der Waals surface area contributed by atoms with Crippen LogP contribution in [0, 0.1) is 23.0 Å². The number of carbonyl (C=O) groups is 3. The fraction of sp³-hybridized carbons (Fsp3) is 0.536. The number of aliphatic hydroxyl groups excluding tert-OH is 1. The largest absolute Gasteiger partial charge is 0.391 e. The molecule has 0 spiro atoms. The Morgan fingerprint density at radius 3 is 2.24 bits per heavy atom. The Kier molecular flexibility index (Phi) is 11.6. The van der Waals surface area contributed by atoms with E-state index in [4.69, 9.17) is 11.5 Å². The van der Waals surface area contributed by atoms with Crippen molar-refractivity contribution >= 4 is 17.7 Å². The summed E-state index contributed by atoms with van der Waals surface area (Å²) in [5.74, 6) is -4.01. The number of nitrogens with zero attached hydrogens (tertiary/aromatic N) is 1. The Balaban J connectivity index is 2.51. The number of rotatable bonds is 15. The summed E-state index contributed by atoms with van der Waals surface area (Å²) < 4.78 is 28.1. The first-order valence-corrected chi connectivity index (χ1v) is 13.0. The standard InChI is InChI=1S/C28H40F2N4O4/c1-4-8-34(9-5-2)26(37)20-10-18(3)15-28(16-20,27(32)38)23(24(35)17-33-7-6-25(31)36)13-19-11-21(29)14-22(30)12-19/h10-12,14-15,23-24,33,35H,4-9,13,16-17H2,1-3H3,(H2,31,36)(H2,32,38)/t23-,24+,28?/m1/s1. The lowest BCUT2D eigenvalue weighted by atomic mass is 9.63. The first-order valence-electron chi connectivity index (χ1n) is 13.0. The molecule has 3 atom stereocenters. The van der Waals surface area contributed by atoms with E-state index in [0.29, 0.717) is 24.2 Å². The fourth-order valence-electron chi connectivity index (χ4n) is 5.16. The van der Waals surface area contributed by atoms with E-state index in [-0.39, 0.29) is 43.8 Å². The second-order valence-corrected chi connectivity index (χ2v) is 10.0. The van der Waals surface area contributed by atoms with E-state index in [1.54, 1.807) is 24.0 Å². The smallest absolute Gasteiger partial charge is 0.249 e. The summed E-state index contributed by atoms with van der Waals surface area (Å²) >= 11 is 0. The van der Waals surface area contributed by atoms with Crippen LogP contribution in [0.1, 0.15) is 52.0 Å². The molecule has 1 aliphatic rings. The van der Waals surface area contributed by atoms with Crippen LogP contribution < -0.4 is 16.8 Å². The van der Waals surface area contributed by atoms with Crippen LogP contribution >= 0.6 is 0 Å². The molecular formula is C28H40F2N4O4. The molecule has 1 aromatic rings. The molecule has 0 saturated heterocycles. The second-order valence-electron chi connectivity index (χ2n) is 10.0. The van der Waals surface area contributed by atoms with Gasteiger partial charge in [0.2, 0.25) is 17.7 Å². The van der Waals surface area contributed by atoms with Gasteiger partial charge < -0.3 is 26.8 Å². The molecule has 1 aliphatic carbocycles. The van der Waals surface area contributed by atoms with Gasteiger partial charge in [-0.1, -0.05) is 31.6 Å². The number of carbonyl (C=O) groups excluding carboxylic acids is 3. The zero-order chi connectivity index (χ0) is 28.5. The summed E-state index contributed by atoms with van der Waals surface area (Å²) in [6, 6.07) is 3.03. The van der Waals surface area contributed by atoms with Crippen LogP contribution in [0.25, 0.3) is 0 Å². The van der Waals surface area contributed by atoms with Crippen molar-refractivity contribution in [2.45, 2.75) is 59.0 Å². The molecule has 1 unspecified atom stereocenters. The maximum atomic E-state index is 14.0. The van der Waals surface area contributed by atoms with Gasteiger partial charge in [0.25, 0.3) is 0 Å². The summed E-state index contributed by atoms with van der Waals surface area (Å²) in [4.78, 5) is 39.5. The summed E-state index contributed by atoms with van der Waals surface area (Å²) in [5, 5.41) is 14.2. The van der Waals surface area contributed by atoms with E-state index in [2.05, 4.69) is 5.32 Å². The fourth-order valence-corrected chi connectivity index (χ4v) is 5.16.